The van der Waals surface area contributed by atoms with Gasteiger partial charge >= 0.3 is 0 Å². The van der Waals surface area contributed by atoms with Crippen molar-refractivity contribution in [2.75, 3.05) is 18.5 Å². The normalized spacial score (nSPS) is 16.9. The molecular formula is C16H24N2O. The van der Waals surface area contributed by atoms with Crippen molar-refractivity contribution in [3.8, 4) is 0 Å². The number of hydrogen-bond donors (Lipinski definition) is 1. The zero-order valence-corrected chi connectivity index (χ0v) is 12.0. The summed E-state index contributed by atoms with van der Waals surface area (Å²) in [5, 5.41) is 3.24. The molecule has 1 amide bonds. The molecule has 1 atom stereocenters. The third-order valence-electron chi connectivity index (χ3n) is 3.93. The first-order valence-electron chi connectivity index (χ1n) is 7.28. The molecule has 1 N–H and O–H groups in total. The maximum absolute atomic E-state index is 12.2. The van der Waals surface area contributed by atoms with Gasteiger partial charge in [-0.3, -0.25) is 4.79 Å². The fourth-order valence-corrected chi connectivity index (χ4v) is 2.63. The summed E-state index contributed by atoms with van der Waals surface area (Å²) in [5.41, 5.74) is 2.44. The highest BCUT2D eigenvalue weighted by atomic mass is 16.2. The Morgan fingerprint density at radius 2 is 2.11 bits per heavy atom. The van der Waals surface area contributed by atoms with Crippen molar-refractivity contribution in [2.24, 2.45) is 0 Å². The fourth-order valence-electron chi connectivity index (χ4n) is 2.63. The van der Waals surface area contributed by atoms with Gasteiger partial charge in [-0.15, -0.1) is 0 Å². The molecule has 19 heavy (non-hydrogen) atoms. The van der Waals surface area contributed by atoms with Gasteiger partial charge in [-0.1, -0.05) is 18.2 Å². The molecule has 0 bridgehead atoms. The molecule has 3 nitrogen and oxygen atoms in total. The number of hydrogen-bond acceptors (Lipinski definition) is 2. The van der Waals surface area contributed by atoms with Gasteiger partial charge in [-0.2, -0.15) is 0 Å². The van der Waals surface area contributed by atoms with Crippen LogP contribution in [0.3, 0.4) is 0 Å². The molecule has 1 aromatic rings. The number of anilines is 1. The van der Waals surface area contributed by atoms with Crippen LogP contribution in [0.4, 0.5) is 5.69 Å². The molecule has 1 aliphatic rings. The van der Waals surface area contributed by atoms with E-state index in [1.807, 2.05) is 18.0 Å². The number of nitrogens with one attached hydrogen (secondary N) is 1. The van der Waals surface area contributed by atoms with E-state index in [2.05, 4.69) is 30.4 Å². The first kappa shape index (κ1) is 14.1. The standard InChI is InChI=1S/C16H24N2O/c1-13(17-2)7-6-12-18-15-10-4-3-8-14(15)9-5-11-16(18)19/h3-4,8,10,13,17H,5-7,9,11-12H2,1-2H3. The highest BCUT2D eigenvalue weighted by Crippen LogP contribution is 2.27. The minimum atomic E-state index is 0.280. The number of carbonyl (C=O) groups is 1. The van der Waals surface area contributed by atoms with E-state index in [-0.39, 0.29) is 5.91 Å². The third-order valence-corrected chi connectivity index (χ3v) is 3.93. The SMILES string of the molecule is CNC(C)CCCN1C(=O)CCCc2ccccc21. The summed E-state index contributed by atoms with van der Waals surface area (Å²) in [5.74, 6) is 0.280. The van der Waals surface area contributed by atoms with E-state index in [1.54, 1.807) is 0 Å². The molecule has 0 saturated heterocycles. The molecule has 0 spiro atoms. The van der Waals surface area contributed by atoms with E-state index in [9.17, 15) is 4.79 Å². The van der Waals surface area contributed by atoms with Crippen molar-refractivity contribution < 1.29 is 4.79 Å². The average molecular weight is 260 g/mol. The minimum Gasteiger partial charge on any atom is -0.317 e. The van der Waals surface area contributed by atoms with Gasteiger partial charge < -0.3 is 10.2 Å². The predicted octanol–water partition coefficient (Wildman–Crippen LogP) is 2.74. The Hall–Kier alpha value is -1.35. The Balaban J connectivity index is 2.06. The molecule has 0 aromatic heterocycles. The van der Waals surface area contributed by atoms with E-state index < -0.39 is 0 Å². The van der Waals surface area contributed by atoms with Crippen molar-refractivity contribution in [1.29, 1.82) is 0 Å². The highest BCUT2D eigenvalue weighted by molar-refractivity contribution is 5.94. The van der Waals surface area contributed by atoms with Gasteiger partial charge in [-0.05, 0) is 51.3 Å². The lowest BCUT2D eigenvalue weighted by Gasteiger charge is -2.23. The summed E-state index contributed by atoms with van der Waals surface area (Å²) in [4.78, 5) is 14.2. The van der Waals surface area contributed by atoms with E-state index in [4.69, 9.17) is 0 Å². The van der Waals surface area contributed by atoms with E-state index in [0.29, 0.717) is 12.5 Å². The van der Waals surface area contributed by atoms with Crippen LogP contribution in [0.15, 0.2) is 24.3 Å². The Morgan fingerprint density at radius 3 is 2.89 bits per heavy atom. The number of aryl methyl sites for hydroxylation is 1. The van der Waals surface area contributed by atoms with Crippen LogP contribution in [-0.4, -0.2) is 25.5 Å². The van der Waals surface area contributed by atoms with Gasteiger partial charge in [0.05, 0.1) is 0 Å². The zero-order valence-electron chi connectivity index (χ0n) is 12.0. The maximum Gasteiger partial charge on any atom is 0.226 e. The van der Waals surface area contributed by atoms with E-state index >= 15 is 0 Å². The van der Waals surface area contributed by atoms with Crippen LogP contribution < -0.4 is 10.2 Å². The Labute approximate surface area is 116 Å². The third kappa shape index (κ3) is 3.57. The van der Waals surface area contributed by atoms with Crippen molar-refractivity contribution >= 4 is 11.6 Å². The second-order valence-corrected chi connectivity index (χ2v) is 5.36. The van der Waals surface area contributed by atoms with Gasteiger partial charge in [0, 0.05) is 24.7 Å². The summed E-state index contributed by atoms with van der Waals surface area (Å²) >= 11 is 0. The van der Waals surface area contributed by atoms with Gasteiger partial charge in [0.1, 0.15) is 0 Å². The van der Waals surface area contributed by atoms with Gasteiger partial charge in [0.25, 0.3) is 0 Å². The van der Waals surface area contributed by atoms with Gasteiger partial charge in [0.2, 0.25) is 5.91 Å². The molecule has 1 aromatic carbocycles. The molecule has 0 aliphatic carbocycles. The lowest BCUT2D eigenvalue weighted by Crippen LogP contribution is -2.32. The predicted molar refractivity (Wildman–Crippen MR) is 79.5 cm³/mol. The quantitative estimate of drug-likeness (QED) is 0.883. The molecule has 104 valence electrons. The molecule has 1 unspecified atom stereocenters. The number of benzene rings is 1. The van der Waals surface area contributed by atoms with Crippen molar-refractivity contribution in [2.45, 2.75) is 45.1 Å². The van der Waals surface area contributed by atoms with Crippen LogP contribution in [0.1, 0.15) is 38.2 Å². The second kappa shape index (κ2) is 6.71. The topological polar surface area (TPSA) is 32.3 Å². The Bertz CT molecular complexity index is 431. The molecule has 1 aliphatic heterocycles. The van der Waals surface area contributed by atoms with E-state index in [1.165, 1.54) is 5.56 Å². The largest absolute Gasteiger partial charge is 0.317 e. The molecule has 0 radical (unpaired) electrons. The van der Waals surface area contributed by atoms with Crippen LogP contribution in [0.2, 0.25) is 0 Å². The van der Waals surface area contributed by atoms with Crippen LogP contribution in [0.25, 0.3) is 0 Å². The molecule has 0 fully saturated rings. The summed E-state index contributed by atoms with van der Waals surface area (Å²) < 4.78 is 0. The summed E-state index contributed by atoms with van der Waals surface area (Å²) in [6.45, 7) is 3.01. The highest BCUT2D eigenvalue weighted by Gasteiger charge is 2.21. The first-order valence-corrected chi connectivity index (χ1v) is 7.28. The first-order chi connectivity index (χ1) is 9.22. The van der Waals surface area contributed by atoms with Gasteiger partial charge in [-0.25, -0.2) is 0 Å². The molecule has 0 saturated carbocycles. The number of fused-ring (bicyclic) bond motifs is 1. The molecule has 3 heteroatoms. The van der Waals surface area contributed by atoms with E-state index in [0.717, 1.165) is 37.9 Å². The summed E-state index contributed by atoms with van der Waals surface area (Å²) in [7, 11) is 1.98. The van der Waals surface area contributed by atoms with Crippen molar-refractivity contribution in [3.63, 3.8) is 0 Å². The lowest BCUT2D eigenvalue weighted by atomic mass is 10.1. The second-order valence-electron chi connectivity index (χ2n) is 5.36. The number of nitrogens with zero attached hydrogens (tertiary/aromatic N) is 1. The number of rotatable bonds is 5. The lowest BCUT2D eigenvalue weighted by molar-refractivity contribution is -0.118. The smallest absolute Gasteiger partial charge is 0.226 e. The molecular weight excluding hydrogens is 236 g/mol. The maximum atomic E-state index is 12.2. The monoisotopic (exact) mass is 260 g/mol. The molecule has 1 heterocycles. The molecule has 2 rings (SSSR count). The van der Waals surface area contributed by atoms with Gasteiger partial charge in [0.15, 0.2) is 0 Å². The number of amides is 1. The number of para-hydroxylation sites is 1. The minimum absolute atomic E-state index is 0.280. The average Bonchev–Trinajstić information content (AvgIpc) is 2.58. The Morgan fingerprint density at radius 1 is 1.32 bits per heavy atom. The summed E-state index contributed by atoms with van der Waals surface area (Å²) in [6, 6.07) is 8.84. The van der Waals surface area contributed by atoms with Crippen molar-refractivity contribution in [3.05, 3.63) is 29.8 Å². The van der Waals surface area contributed by atoms with Crippen LogP contribution >= 0.6 is 0 Å². The zero-order chi connectivity index (χ0) is 13.7. The summed E-state index contributed by atoms with van der Waals surface area (Å²) in [6.07, 6.45) is 4.81. The van der Waals surface area contributed by atoms with Crippen LogP contribution in [0, 0.1) is 0 Å². The van der Waals surface area contributed by atoms with Crippen LogP contribution in [-0.2, 0) is 11.2 Å². The Kier molecular flexibility index (Phi) is 4.97. The fraction of sp³-hybridized carbons (Fsp3) is 0.562. The van der Waals surface area contributed by atoms with Crippen molar-refractivity contribution in [1.82, 2.24) is 5.32 Å². The van der Waals surface area contributed by atoms with Crippen LogP contribution in [0.5, 0.6) is 0 Å². The number of carbonyl (C=O) groups excluding carboxylic acids is 1.